The molecule has 2 heterocycles. The molecule has 0 spiro atoms. The fourth-order valence-corrected chi connectivity index (χ4v) is 7.11. The van der Waals surface area contributed by atoms with Gasteiger partial charge in [0.1, 0.15) is 5.56 Å². The normalized spacial score (nSPS) is 23.2. The van der Waals surface area contributed by atoms with Gasteiger partial charge in [-0.05, 0) is 69.1 Å². The zero-order chi connectivity index (χ0) is 28.2. The van der Waals surface area contributed by atoms with E-state index >= 15 is 0 Å². The van der Waals surface area contributed by atoms with Crippen LogP contribution in [0.4, 0.5) is 4.79 Å². The van der Waals surface area contributed by atoms with Crippen LogP contribution in [-0.4, -0.2) is 60.0 Å². The highest BCUT2D eigenvalue weighted by atomic mass is 32.2. The third-order valence-electron chi connectivity index (χ3n) is 8.18. The van der Waals surface area contributed by atoms with Gasteiger partial charge in [-0.25, -0.2) is 14.3 Å². The number of nitrogens with zero attached hydrogens (tertiary/aromatic N) is 3. The Bertz CT molecular complexity index is 1310. The quantitative estimate of drug-likeness (QED) is 0.342. The van der Waals surface area contributed by atoms with Crippen LogP contribution in [0.1, 0.15) is 62.7 Å². The summed E-state index contributed by atoms with van der Waals surface area (Å²) in [6.07, 6.45) is 10.4. The third kappa shape index (κ3) is 6.81. The lowest BCUT2D eigenvalue weighted by molar-refractivity contribution is 0.0946. The van der Waals surface area contributed by atoms with E-state index in [2.05, 4.69) is 27.5 Å². The van der Waals surface area contributed by atoms with Gasteiger partial charge in [-0.15, -0.1) is 0 Å². The number of amides is 3. The maximum Gasteiger partial charge on any atom is 0.330 e. The molecule has 216 valence electrons. The van der Waals surface area contributed by atoms with Crippen molar-refractivity contribution < 1.29 is 18.0 Å². The number of aryl methyl sites for hydroxylation is 1. The van der Waals surface area contributed by atoms with E-state index < -0.39 is 33.4 Å². The number of hydrogen-bond acceptors (Lipinski definition) is 6. The summed E-state index contributed by atoms with van der Waals surface area (Å²) in [5, 5.41) is 5.49. The lowest BCUT2D eigenvalue weighted by atomic mass is 9.94. The Hall–Kier alpha value is -2.93. The van der Waals surface area contributed by atoms with Crippen LogP contribution in [0.25, 0.3) is 0 Å². The molecular formula is C26H40N6O6S. The maximum absolute atomic E-state index is 12.7. The summed E-state index contributed by atoms with van der Waals surface area (Å²) in [6.45, 7) is 5.54. The predicted octanol–water partition coefficient (Wildman–Crippen LogP) is 1.03. The minimum Gasteiger partial charge on any atom is -0.352 e. The van der Waals surface area contributed by atoms with E-state index in [1.807, 2.05) is 6.92 Å². The molecular weight excluding hydrogens is 524 g/mol. The summed E-state index contributed by atoms with van der Waals surface area (Å²) in [5.41, 5.74) is -1.09. The fraction of sp³-hybridized carbons (Fsp3) is 0.692. The summed E-state index contributed by atoms with van der Waals surface area (Å²) in [7, 11) is -3.93. The Labute approximate surface area is 229 Å². The van der Waals surface area contributed by atoms with Crippen molar-refractivity contribution in [3.8, 4) is 0 Å². The molecule has 4 rings (SSSR count). The molecule has 1 aromatic rings. The minimum absolute atomic E-state index is 0.0629. The second-order valence-corrected chi connectivity index (χ2v) is 12.5. The van der Waals surface area contributed by atoms with Gasteiger partial charge >= 0.3 is 21.9 Å². The lowest BCUT2D eigenvalue weighted by Crippen LogP contribution is -2.50. The van der Waals surface area contributed by atoms with E-state index in [9.17, 15) is 27.6 Å². The third-order valence-corrected chi connectivity index (χ3v) is 9.67. The highest BCUT2D eigenvalue weighted by molar-refractivity contribution is 7.87. The van der Waals surface area contributed by atoms with Gasteiger partial charge in [0.25, 0.3) is 11.5 Å². The van der Waals surface area contributed by atoms with Crippen LogP contribution in [-0.2, 0) is 23.3 Å². The van der Waals surface area contributed by atoms with Crippen molar-refractivity contribution in [2.75, 3.05) is 26.2 Å². The summed E-state index contributed by atoms with van der Waals surface area (Å²) in [5.74, 6) is 1.09. The Balaban J connectivity index is 1.20. The largest absolute Gasteiger partial charge is 0.352 e. The van der Waals surface area contributed by atoms with Crippen LogP contribution in [0.15, 0.2) is 27.9 Å². The summed E-state index contributed by atoms with van der Waals surface area (Å²) >= 11 is 0. The number of rotatable bonds is 11. The average Bonchev–Trinajstić information content (AvgIpc) is 3.53. The predicted molar refractivity (Wildman–Crippen MR) is 146 cm³/mol. The number of urea groups is 1. The fourth-order valence-electron chi connectivity index (χ4n) is 5.98. The zero-order valence-corrected chi connectivity index (χ0v) is 23.5. The Morgan fingerprint density at radius 1 is 1.05 bits per heavy atom. The van der Waals surface area contributed by atoms with Crippen molar-refractivity contribution in [3.63, 3.8) is 0 Å². The van der Waals surface area contributed by atoms with Gasteiger partial charge in [0.15, 0.2) is 0 Å². The number of nitrogens with one attached hydrogen (secondary N) is 3. The van der Waals surface area contributed by atoms with Crippen molar-refractivity contribution in [2.24, 2.45) is 23.7 Å². The Morgan fingerprint density at radius 2 is 1.79 bits per heavy atom. The van der Waals surface area contributed by atoms with E-state index in [4.69, 9.17) is 0 Å². The molecule has 0 radical (unpaired) electrons. The second-order valence-electron chi connectivity index (χ2n) is 10.8. The monoisotopic (exact) mass is 564 g/mol. The summed E-state index contributed by atoms with van der Waals surface area (Å²) in [4.78, 5) is 50.0. The molecule has 1 saturated heterocycles. The van der Waals surface area contributed by atoms with Crippen LogP contribution in [0.2, 0.25) is 0 Å². The molecule has 1 aromatic heterocycles. The molecule has 3 unspecified atom stereocenters. The Kier molecular flexibility index (Phi) is 9.31. The lowest BCUT2D eigenvalue weighted by Gasteiger charge is -2.31. The number of fused-ring (bicyclic) bond motifs is 2. The number of carbonyl (C=O) groups excluding carboxylic acids is 2. The van der Waals surface area contributed by atoms with Crippen LogP contribution >= 0.6 is 0 Å². The van der Waals surface area contributed by atoms with Crippen LogP contribution in [0.5, 0.6) is 0 Å². The maximum atomic E-state index is 12.7. The minimum atomic E-state index is -3.93. The van der Waals surface area contributed by atoms with Gasteiger partial charge in [0.05, 0.1) is 0 Å². The molecule has 1 saturated carbocycles. The average molecular weight is 565 g/mol. The number of hydrogen-bond donors (Lipinski definition) is 3. The first kappa shape index (κ1) is 29.1. The molecule has 12 nitrogen and oxygen atoms in total. The first-order valence-electron chi connectivity index (χ1n) is 14.0. The molecule has 3 amide bonds. The van der Waals surface area contributed by atoms with Crippen molar-refractivity contribution in [2.45, 2.75) is 65.5 Å². The van der Waals surface area contributed by atoms with E-state index in [1.165, 1.54) is 15.1 Å². The van der Waals surface area contributed by atoms with E-state index in [-0.39, 0.29) is 31.1 Å². The van der Waals surface area contributed by atoms with E-state index in [0.29, 0.717) is 63.1 Å². The van der Waals surface area contributed by atoms with E-state index in [1.54, 1.807) is 6.92 Å². The molecule has 1 aliphatic heterocycles. The summed E-state index contributed by atoms with van der Waals surface area (Å²) < 4.78 is 31.3. The molecule has 0 aromatic carbocycles. The van der Waals surface area contributed by atoms with Gasteiger partial charge < -0.3 is 10.6 Å². The van der Waals surface area contributed by atoms with E-state index in [0.717, 1.165) is 17.4 Å². The van der Waals surface area contributed by atoms with Gasteiger partial charge in [-0.1, -0.05) is 19.1 Å². The van der Waals surface area contributed by atoms with Gasteiger partial charge in [0, 0.05) is 45.5 Å². The molecule has 2 fully saturated rings. The van der Waals surface area contributed by atoms with Gasteiger partial charge in [-0.3, -0.25) is 18.7 Å². The molecule has 3 N–H and O–H groups in total. The van der Waals surface area contributed by atoms with Crippen molar-refractivity contribution in [3.05, 3.63) is 44.8 Å². The number of aromatic nitrogens is 2. The first-order valence-corrected chi connectivity index (χ1v) is 15.4. The number of carbonyl (C=O) groups is 2. The van der Waals surface area contributed by atoms with Crippen molar-refractivity contribution in [1.82, 2.24) is 28.8 Å². The number of allylic oxidation sites excluding steroid dienone is 2. The molecule has 2 bridgehead atoms. The zero-order valence-electron chi connectivity index (χ0n) is 22.7. The standard InChI is InChI=1S/C26H40N6O6S/c1-3-11-30-17-22(24(34)32(4-2)26(30)36)23(33)27-10-7-18-8-12-31(13-9-18)39(37,38)29-25(35)28-16-21-15-19-5-6-20(21)14-19/h5-6,17-21H,3-4,7-16H2,1-2H3,(H,27,33)(H2,28,29,35). The van der Waals surface area contributed by atoms with Gasteiger partial charge in [0.2, 0.25) is 0 Å². The molecule has 13 heteroatoms. The molecule has 3 atom stereocenters. The SMILES string of the molecule is CCCn1cc(C(=O)NCCC2CCN(S(=O)(=O)NC(=O)NCC3CC4C=CC3C4)CC2)c(=O)n(CC)c1=O. The first-order chi connectivity index (χ1) is 18.6. The Morgan fingerprint density at radius 3 is 2.41 bits per heavy atom. The van der Waals surface area contributed by atoms with Gasteiger partial charge in [-0.2, -0.15) is 12.7 Å². The smallest absolute Gasteiger partial charge is 0.330 e. The molecule has 2 aliphatic carbocycles. The molecule has 3 aliphatic rings. The summed E-state index contributed by atoms with van der Waals surface area (Å²) in [6, 6.07) is -0.695. The highest BCUT2D eigenvalue weighted by Crippen LogP contribution is 2.42. The second kappa shape index (κ2) is 12.5. The topological polar surface area (TPSA) is 152 Å². The van der Waals surface area contributed by atoms with Crippen LogP contribution in [0.3, 0.4) is 0 Å². The molecule has 39 heavy (non-hydrogen) atoms. The van der Waals surface area contributed by atoms with Crippen LogP contribution in [0, 0.1) is 23.7 Å². The van der Waals surface area contributed by atoms with Crippen molar-refractivity contribution in [1.29, 1.82) is 0 Å². The van der Waals surface area contributed by atoms with Crippen LogP contribution < -0.4 is 26.6 Å². The number of piperidine rings is 1. The van der Waals surface area contributed by atoms with Crippen molar-refractivity contribution >= 4 is 22.1 Å². The highest BCUT2D eigenvalue weighted by Gasteiger charge is 2.36.